The minimum absolute atomic E-state index is 0.133. The summed E-state index contributed by atoms with van der Waals surface area (Å²) in [5.41, 5.74) is 2.06. The zero-order valence-corrected chi connectivity index (χ0v) is 30.2. The van der Waals surface area contributed by atoms with Crippen molar-refractivity contribution in [3.63, 3.8) is 0 Å². The molecule has 0 spiro atoms. The summed E-state index contributed by atoms with van der Waals surface area (Å²) >= 11 is 0. The number of non-ortho nitro benzene ring substituents is 1. The van der Waals surface area contributed by atoms with Crippen molar-refractivity contribution in [3.05, 3.63) is 34.4 Å². The van der Waals surface area contributed by atoms with Crippen molar-refractivity contribution < 1.29 is 52.9 Å². The standard InChI is InChI=1S/C33H49N5O12/c1-11-19(12-2)24(35-18(3)39)23-22(37(29(43)50-32(7,8)9)27(34)36-28(42)49-31(4,5)6)17-33(10,26(40)41)25(23)48-30(44)47-21-15-13-20(14-16-21)38(45)46/h13-16,19,22-25H,11-12,17H2,1-10H3,(H,35,39)(H,40,41)(H2,34,36,42). The highest BCUT2D eigenvalue weighted by molar-refractivity contribution is 5.98. The summed E-state index contributed by atoms with van der Waals surface area (Å²) in [5, 5.41) is 24.6. The number of aliphatic imine (C=N–C) groups is 1. The second-order valence-electron chi connectivity index (χ2n) is 14.3. The number of carbonyl (C=O) groups is 5. The Labute approximate surface area is 291 Å². The molecule has 3 amide bonds. The number of nitro groups is 1. The molecule has 0 aromatic heterocycles. The lowest BCUT2D eigenvalue weighted by Crippen LogP contribution is -2.59. The molecule has 0 heterocycles. The van der Waals surface area contributed by atoms with E-state index < -0.39 is 88.2 Å². The van der Waals surface area contributed by atoms with Crippen molar-refractivity contribution in [2.24, 2.45) is 28.0 Å². The molecule has 50 heavy (non-hydrogen) atoms. The summed E-state index contributed by atoms with van der Waals surface area (Å²) in [6.07, 6.45) is -4.64. The molecule has 0 saturated heterocycles. The third-order valence-corrected chi connectivity index (χ3v) is 8.12. The molecule has 278 valence electrons. The number of nitrogens with two attached hydrogens (primary N) is 1. The minimum Gasteiger partial charge on any atom is -0.481 e. The average Bonchev–Trinajstić information content (AvgIpc) is 3.23. The number of amides is 3. The highest BCUT2D eigenvalue weighted by Gasteiger charge is 2.63. The van der Waals surface area contributed by atoms with Crippen LogP contribution in [0, 0.1) is 27.4 Å². The molecule has 1 aromatic rings. The SMILES string of the molecule is CCC(CC)C(NC(C)=O)C1C(N(C(=O)OC(C)(C)C)C(N)=NC(=O)OC(C)(C)C)CC(C)(C(=O)O)C1OC(=O)Oc1ccc([N+](=O)[O-])cc1. The third kappa shape index (κ3) is 10.8. The normalized spacial score (nSPS) is 21.5. The van der Waals surface area contributed by atoms with Crippen molar-refractivity contribution in [2.45, 2.75) is 118 Å². The first kappa shape index (κ1) is 41.2. The van der Waals surface area contributed by atoms with Crippen LogP contribution >= 0.6 is 0 Å². The number of rotatable bonds is 10. The third-order valence-electron chi connectivity index (χ3n) is 8.12. The monoisotopic (exact) mass is 707 g/mol. The molecule has 5 unspecified atom stereocenters. The second-order valence-corrected chi connectivity index (χ2v) is 14.3. The maximum Gasteiger partial charge on any atom is 0.514 e. The predicted molar refractivity (Wildman–Crippen MR) is 179 cm³/mol. The van der Waals surface area contributed by atoms with Gasteiger partial charge in [0.1, 0.15) is 28.5 Å². The van der Waals surface area contributed by atoms with E-state index >= 15 is 0 Å². The summed E-state index contributed by atoms with van der Waals surface area (Å²) in [4.78, 5) is 80.9. The van der Waals surface area contributed by atoms with E-state index in [1.54, 1.807) is 41.5 Å². The maximum atomic E-state index is 14.0. The first-order valence-electron chi connectivity index (χ1n) is 16.2. The molecular weight excluding hydrogens is 658 g/mol. The molecule has 1 aromatic carbocycles. The first-order chi connectivity index (χ1) is 22.9. The molecule has 1 aliphatic carbocycles. The van der Waals surface area contributed by atoms with E-state index in [4.69, 9.17) is 24.7 Å². The zero-order valence-electron chi connectivity index (χ0n) is 30.2. The number of aliphatic carboxylic acids is 1. The largest absolute Gasteiger partial charge is 0.514 e. The fourth-order valence-electron chi connectivity index (χ4n) is 5.98. The minimum atomic E-state index is -1.95. The van der Waals surface area contributed by atoms with Crippen LogP contribution in [0.4, 0.5) is 20.1 Å². The molecule has 1 fully saturated rings. The van der Waals surface area contributed by atoms with Gasteiger partial charge in [-0.25, -0.2) is 19.3 Å². The Balaban J connectivity index is 2.84. The summed E-state index contributed by atoms with van der Waals surface area (Å²) < 4.78 is 22.0. The molecule has 17 heteroatoms. The predicted octanol–water partition coefficient (Wildman–Crippen LogP) is 5.39. The number of nitrogens with one attached hydrogen (secondary N) is 1. The van der Waals surface area contributed by atoms with Gasteiger partial charge >= 0.3 is 24.3 Å². The van der Waals surface area contributed by atoms with E-state index in [0.717, 1.165) is 29.2 Å². The zero-order chi connectivity index (χ0) is 38.4. The molecule has 5 atom stereocenters. The van der Waals surface area contributed by atoms with Crippen LogP contribution in [0.3, 0.4) is 0 Å². The van der Waals surface area contributed by atoms with Crippen LogP contribution in [0.2, 0.25) is 0 Å². The van der Waals surface area contributed by atoms with Crippen LogP contribution in [0.1, 0.15) is 88.5 Å². The maximum absolute atomic E-state index is 14.0. The highest BCUT2D eigenvalue weighted by atomic mass is 16.7. The summed E-state index contributed by atoms with van der Waals surface area (Å²) in [6.45, 7) is 15.8. The van der Waals surface area contributed by atoms with Crippen molar-refractivity contribution in [1.82, 2.24) is 10.2 Å². The van der Waals surface area contributed by atoms with Crippen LogP contribution < -0.4 is 15.8 Å². The number of nitro benzene ring substituents is 1. The van der Waals surface area contributed by atoms with Gasteiger partial charge in [0.15, 0.2) is 0 Å². The van der Waals surface area contributed by atoms with Crippen LogP contribution in [-0.4, -0.2) is 80.5 Å². The van der Waals surface area contributed by atoms with Crippen LogP contribution in [0.15, 0.2) is 29.3 Å². The Morgan fingerprint density at radius 3 is 2.04 bits per heavy atom. The van der Waals surface area contributed by atoms with Gasteiger partial charge in [-0.2, -0.15) is 0 Å². The quantitative estimate of drug-likeness (QED) is 0.0527. The van der Waals surface area contributed by atoms with Gasteiger partial charge in [0.2, 0.25) is 11.9 Å². The Morgan fingerprint density at radius 2 is 1.60 bits per heavy atom. The summed E-state index contributed by atoms with van der Waals surface area (Å²) in [5.74, 6) is -4.27. The Bertz CT molecular complexity index is 1460. The molecule has 17 nitrogen and oxygen atoms in total. The lowest BCUT2D eigenvalue weighted by molar-refractivity contribution is -0.384. The first-order valence-corrected chi connectivity index (χ1v) is 16.2. The van der Waals surface area contributed by atoms with Gasteiger partial charge in [-0.15, -0.1) is 4.99 Å². The van der Waals surface area contributed by atoms with Crippen molar-refractivity contribution in [2.75, 3.05) is 0 Å². The number of ether oxygens (including phenoxy) is 4. The Morgan fingerprint density at radius 1 is 1.06 bits per heavy atom. The number of carboxylic acid groups (broad SMARTS) is 1. The highest BCUT2D eigenvalue weighted by Crippen LogP contribution is 2.49. The van der Waals surface area contributed by atoms with Gasteiger partial charge in [0, 0.05) is 31.0 Å². The van der Waals surface area contributed by atoms with Crippen LogP contribution in [-0.2, 0) is 23.8 Å². The van der Waals surface area contributed by atoms with Gasteiger partial charge in [0.25, 0.3) is 5.69 Å². The topological polar surface area (TPSA) is 239 Å². The van der Waals surface area contributed by atoms with Crippen LogP contribution in [0.25, 0.3) is 0 Å². The summed E-state index contributed by atoms with van der Waals surface area (Å²) in [6, 6.07) is 2.30. The Hall–Kier alpha value is -4.96. The van der Waals surface area contributed by atoms with E-state index in [1.165, 1.54) is 13.8 Å². The van der Waals surface area contributed by atoms with E-state index in [-0.39, 0.29) is 17.4 Å². The lowest BCUT2D eigenvalue weighted by Gasteiger charge is -2.41. The second kappa shape index (κ2) is 16.2. The number of carboxylic acids is 1. The van der Waals surface area contributed by atoms with Crippen molar-refractivity contribution in [1.29, 1.82) is 0 Å². The molecule has 0 bridgehead atoms. The van der Waals surface area contributed by atoms with Gasteiger partial charge in [0.05, 0.1) is 11.0 Å². The van der Waals surface area contributed by atoms with Gasteiger partial charge in [-0.3, -0.25) is 19.7 Å². The van der Waals surface area contributed by atoms with Crippen molar-refractivity contribution >= 4 is 41.9 Å². The number of hydrogen-bond acceptors (Lipinski definition) is 11. The van der Waals surface area contributed by atoms with E-state index in [0.29, 0.717) is 12.8 Å². The van der Waals surface area contributed by atoms with E-state index in [1.807, 2.05) is 13.8 Å². The molecule has 0 radical (unpaired) electrons. The summed E-state index contributed by atoms with van der Waals surface area (Å²) in [7, 11) is 0. The van der Waals surface area contributed by atoms with Crippen molar-refractivity contribution in [3.8, 4) is 5.75 Å². The number of benzene rings is 1. The Kier molecular flexibility index (Phi) is 13.3. The van der Waals surface area contributed by atoms with Gasteiger partial charge in [-0.1, -0.05) is 26.7 Å². The molecule has 4 N–H and O–H groups in total. The van der Waals surface area contributed by atoms with Gasteiger partial charge in [-0.05, 0) is 72.9 Å². The smallest absolute Gasteiger partial charge is 0.481 e. The molecular formula is C33H49N5O12. The molecule has 0 aliphatic heterocycles. The fourth-order valence-corrected chi connectivity index (χ4v) is 5.98. The van der Waals surface area contributed by atoms with Crippen LogP contribution in [0.5, 0.6) is 5.75 Å². The fraction of sp³-hybridized carbons (Fsp3) is 0.636. The molecule has 2 rings (SSSR count). The average molecular weight is 708 g/mol. The number of nitrogens with zero attached hydrogens (tertiary/aromatic N) is 3. The number of hydrogen-bond donors (Lipinski definition) is 3. The van der Waals surface area contributed by atoms with E-state index in [2.05, 4.69) is 10.3 Å². The molecule has 1 saturated carbocycles. The van der Waals surface area contributed by atoms with E-state index in [9.17, 15) is 39.2 Å². The molecule has 1 aliphatic rings. The lowest BCUT2D eigenvalue weighted by atomic mass is 9.77. The number of guanidine groups is 1. The number of carbonyl (C=O) groups excluding carboxylic acids is 4. The van der Waals surface area contributed by atoms with Gasteiger partial charge < -0.3 is 35.1 Å².